The quantitative estimate of drug-likeness (QED) is 0.211. The standard InChI is InChI=1S/C24H19N7O3/c1-33-12-13-34-18-7-8-19-20(14-18)27-23(26-19)15-2-4-17(5-3-15)24(32)30-31-29-21-9-6-16-10-11-25-22(16)28-21/h2-11,14H,12-13H2,1H3,(H,26,27,32)/p+1. The second-order valence-electron chi connectivity index (χ2n) is 7.36. The van der Waals surface area contributed by atoms with Crippen molar-refractivity contribution in [1.82, 2.24) is 24.8 Å². The third kappa shape index (κ3) is 4.58. The minimum Gasteiger partial charge on any atom is -0.491 e. The second-order valence-corrected chi connectivity index (χ2v) is 7.36. The molecule has 0 unspecified atom stereocenters. The first-order valence-electron chi connectivity index (χ1n) is 10.5. The molecule has 0 radical (unpaired) electrons. The van der Waals surface area contributed by atoms with Crippen molar-refractivity contribution in [3.8, 4) is 17.1 Å². The maximum absolute atomic E-state index is 12.3. The third-order valence-electron chi connectivity index (χ3n) is 5.09. The Hall–Kier alpha value is -4.66. The highest BCUT2D eigenvalue weighted by molar-refractivity contribution is 5.95. The number of amides is 1. The minimum absolute atomic E-state index is 0.360. The van der Waals surface area contributed by atoms with Gasteiger partial charge in [0.1, 0.15) is 23.8 Å². The zero-order chi connectivity index (χ0) is 23.3. The van der Waals surface area contributed by atoms with Crippen LogP contribution in [0.3, 0.4) is 0 Å². The van der Waals surface area contributed by atoms with Crippen LogP contribution >= 0.6 is 0 Å². The number of hydrogen-bond donors (Lipinski definition) is 2. The highest BCUT2D eigenvalue weighted by Gasteiger charge is 2.12. The summed E-state index contributed by atoms with van der Waals surface area (Å²) in [7, 11) is 1.63. The molecule has 34 heavy (non-hydrogen) atoms. The summed E-state index contributed by atoms with van der Waals surface area (Å²) in [5.74, 6) is 1.28. The van der Waals surface area contributed by atoms with E-state index in [2.05, 4.69) is 35.1 Å². The van der Waals surface area contributed by atoms with Gasteiger partial charge in [0.05, 0.1) is 17.6 Å². The van der Waals surface area contributed by atoms with E-state index in [0.29, 0.717) is 36.1 Å². The number of ether oxygens (including phenoxy) is 2. The van der Waals surface area contributed by atoms with Gasteiger partial charge in [0, 0.05) is 35.9 Å². The van der Waals surface area contributed by atoms with Crippen LogP contribution in [0.4, 0.5) is 5.82 Å². The van der Waals surface area contributed by atoms with Crippen molar-refractivity contribution < 1.29 is 14.3 Å². The molecule has 0 bridgehead atoms. The first kappa shape index (κ1) is 21.2. The van der Waals surface area contributed by atoms with Crippen LogP contribution < -0.4 is 9.65 Å². The van der Waals surface area contributed by atoms with Gasteiger partial charge >= 0.3 is 5.91 Å². The Bertz CT molecular complexity index is 1530. The second kappa shape index (κ2) is 9.45. The van der Waals surface area contributed by atoms with Gasteiger partial charge in [-0.2, -0.15) is 0 Å². The van der Waals surface area contributed by atoms with Crippen molar-refractivity contribution in [2.75, 3.05) is 20.3 Å². The van der Waals surface area contributed by atoms with Gasteiger partial charge in [0.25, 0.3) is 0 Å². The number of carbonyl (C=O) groups excluding carboxylic acids is 1. The number of hydrogen-bond acceptors (Lipinski definition) is 6. The zero-order valence-electron chi connectivity index (χ0n) is 18.2. The van der Waals surface area contributed by atoms with E-state index < -0.39 is 5.91 Å². The summed E-state index contributed by atoms with van der Waals surface area (Å²) in [6.45, 7) is 0.993. The van der Waals surface area contributed by atoms with E-state index in [0.717, 1.165) is 27.7 Å². The number of H-pyrrole nitrogens is 2. The van der Waals surface area contributed by atoms with Crippen LogP contribution in [0.15, 0.2) is 77.1 Å². The van der Waals surface area contributed by atoms with E-state index in [9.17, 15) is 4.79 Å². The molecular weight excluding hydrogens is 434 g/mol. The molecule has 3 heterocycles. The van der Waals surface area contributed by atoms with Gasteiger partial charge in [-0.1, -0.05) is 12.1 Å². The normalized spacial score (nSPS) is 10.9. The van der Waals surface area contributed by atoms with Gasteiger partial charge in [0.15, 0.2) is 5.11 Å². The van der Waals surface area contributed by atoms with Crippen LogP contribution in [0.2, 0.25) is 0 Å². The largest absolute Gasteiger partial charge is 0.491 e. The molecule has 3 aromatic heterocycles. The summed E-state index contributed by atoms with van der Waals surface area (Å²) in [6, 6.07) is 18.1. The Labute approximate surface area is 193 Å². The summed E-state index contributed by atoms with van der Waals surface area (Å²) < 4.78 is 10.6. The highest BCUT2D eigenvalue weighted by Crippen LogP contribution is 2.24. The number of imidazole rings is 1. The number of pyridine rings is 1. The molecule has 168 valence electrons. The number of carbonyl (C=O) groups is 1. The molecule has 0 spiro atoms. The number of rotatable bonds is 7. The fraction of sp³-hybridized carbons (Fsp3) is 0.125. The van der Waals surface area contributed by atoms with E-state index in [1.54, 1.807) is 43.6 Å². The molecule has 0 atom stereocenters. The SMILES string of the molecule is COCCOc1ccc2nc(-c3ccc(C(=O)N=[N+]=Nc4ccc5cc[nH]c5n4)cc3)[nH]c2c1. The van der Waals surface area contributed by atoms with Crippen LogP contribution in [-0.2, 0) is 4.74 Å². The number of aromatic amines is 2. The van der Waals surface area contributed by atoms with Crippen molar-refractivity contribution in [1.29, 1.82) is 0 Å². The van der Waals surface area contributed by atoms with Gasteiger partial charge in [-0.15, -0.1) is 0 Å². The number of fused-ring (bicyclic) bond motifs is 2. The zero-order valence-corrected chi connectivity index (χ0v) is 18.2. The van der Waals surface area contributed by atoms with E-state index in [1.807, 2.05) is 30.3 Å². The highest BCUT2D eigenvalue weighted by atomic mass is 16.5. The Morgan fingerprint density at radius 1 is 1.03 bits per heavy atom. The van der Waals surface area contributed by atoms with Crippen LogP contribution in [0.25, 0.3) is 33.5 Å². The van der Waals surface area contributed by atoms with Crippen LogP contribution in [0.1, 0.15) is 10.4 Å². The lowest BCUT2D eigenvalue weighted by Gasteiger charge is -2.04. The maximum atomic E-state index is 12.3. The molecule has 0 saturated carbocycles. The van der Waals surface area contributed by atoms with Crippen LogP contribution in [0.5, 0.6) is 5.75 Å². The fourth-order valence-electron chi connectivity index (χ4n) is 3.37. The molecule has 10 heteroatoms. The smallest absolute Gasteiger partial charge is 0.360 e. The van der Waals surface area contributed by atoms with E-state index >= 15 is 0 Å². The number of aromatic nitrogens is 4. The molecular formula is C24H20N7O3+. The average molecular weight is 454 g/mol. The Morgan fingerprint density at radius 3 is 2.76 bits per heavy atom. The summed E-state index contributed by atoms with van der Waals surface area (Å²) in [5.41, 5.74) is 3.58. The van der Waals surface area contributed by atoms with Crippen molar-refractivity contribution in [2.45, 2.75) is 0 Å². The molecule has 0 saturated heterocycles. The summed E-state index contributed by atoms with van der Waals surface area (Å²) >= 11 is 0. The third-order valence-corrected chi connectivity index (χ3v) is 5.09. The molecule has 0 aliphatic heterocycles. The van der Waals surface area contributed by atoms with Gasteiger partial charge in [-0.25, -0.2) is 9.97 Å². The monoisotopic (exact) mass is 454 g/mol. The number of methoxy groups -OCH3 is 1. The summed E-state index contributed by atoms with van der Waals surface area (Å²) in [6.07, 6.45) is 1.79. The Kier molecular flexibility index (Phi) is 5.89. The fourth-order valence-corrected chi connectivity index (χ4v) is 3.37. The van der Waals surface area contributed by atoms with E-state index in [4.69, 9.17) is 9.47 Å². The van der Waals surface area contributed by atoms with Crippen molar-refractivity contribution in [3.63, 3.8) is 0 Å². The molecule has 2 aromatic carbocycles. The predicted octanol–water partition coefficient (Wildman–Crippen LogP) is 4.57. The van der Waals surface area contributed by atoms with Crippen molar-refractivity contribution in [3.05, 3.63) is 72.4 Å². The van der Waals surface area contributed by atoms with Gasteiger partial charge in [-0.3, -0.25) is 4.79 Å². The summed E-state index contributed by atoms with van der Waals surface area (Å²) in [5, 5.41) is 8.52. The van der Waals surface area contributed by atoms with Gasteiger partial charge in [-0.05, 0) is 42.5 Å². The number of benzene rings is 2. The molecule has 5 rings (SSSR count). The van der Waals surface area contributed by atoms with E-state index in [1.165, 1.54) is 0 Å². The lowest BCUT2D eigenvalue weighted by atomic mass is 10.1. The number of nitrogens with one attached hydrogen (secondary N) is 2. The van der Waals surface area contributed by atoms with E-state index in [-0.39, 0.29) is 0 Å². The van der Waals surface area contributed by atoms with Crippen LogP contribution in [0, 0.1) is 0 Å². The lowest BCUT2D eigenvalue weighted by Crippen LogP contribution is -2.03. The Balaban J connectivity index is 1.29. The van der Waals surface area contributed by atoms with Gasteiger partial charge in [0.2, 0.25) is 15.8 Å². The molecule has 0 aliphatic rings. The molecule has 0 aliphatic carbocycles. The number of nitrogens with zero attached hydrogens (tertiary/aromatic N) is 5. The summed E-state index contributed by atoms with van der Waals surface area (Å²) in [4.78, 5) is 31.2. The van der Waals surface area contributed by atoms with Crippen molar-refractivity contribution in [2.24, 2.45) is 10.2 Å². The molecule has 1 amide bonds. The first-order chi connectivity index (χ1) is 16.7. The average Bonchev–Trinajstić information content (AvgIpc) is 3.50. The Morgan fingerprint density at radius 2 is 1.91 bits per heavy atom. The molecule has 10 nitrogen and oxygen atoms in total. The van der Waals surface area contributed by atoms with Gasteiger partial charge < -0.3 is 19.4 Å². The lowest BCUT2D eigenvalue weighted by molar-refractivity contribution is 0.0992. The van der Waals surface area contributed by atoms with Crippen LogP contribution in [-0.4, -0.2) is 46.2 Å². The molecule has 2 N–H and O–H groups in total. The molecule has 5 aromatic rings. The predicted molar refractivity (Wildman–Crippen MR) is 126 cm³/mol. The maximum Gasteiger partial charge on any atom is 0.360 e. The first-order valence-corrected chi connectivity index (χ1v) is 10.5. The minimum atomic E-state index is -0.501. The topological polar surface area (TPSA) is 132 Å². The van der Waals surface area contributed by atoms with Crippen molar-refractivity contribution >= 4 is 33.8 Å². The molecule has 0 fully saturated rings.